The van der Waals surface area contributed by atoms with Gasteiger partial charge >= 0.3 is 6.09 Å². The number of aryl methyl sites for hydroxylation is 1. The molecule has 0 saturated carbocycles. The Morgan fingerprint density at radius 2 is 2.00 bits per heavy atom. The summed E-state index contributed by atoms with van der Waals surface area (Å²) in [5.74, 6) is 0.405. The second-order valence-electron chi connectivity index (χ2n) is 9.85. The number of ether oxygens (including phenoxy) is 1. The van der Waals surface area contributed by atoms with Crippen molar-refractivity contribution in [1.82, 2.24) is 34.1 Å². The van der Waals surface area contributed by atoms with Gasteiger partial charge in [-0.3, -0.25) is 18.9 Å². The van der Waals surface area contributed by atoms with Gasteiger partial charge in [0.2, 0.25) is 5.95 Å². The smallest absolute Gasteiger partial charge is 0.410 e. The number of amides is 1. The summed E-state index contributed by atoms with van der Waals surface area (Å²) in [5, 5.41) is 8.07. The van der Waals surface area contributed by atoms with Crippen molar-refractivity contribution in [2.24, 2.45) is 7.05 Å². The van der Waals surface area contributed by atoms with Crippen molar-refractivity contribution in [2.75, 3.05) is 31.5 Å². The number of carbonyl (C=O) groups is 1. The number of hydrogen-bond acceptors (Lipinski definition) is 8. The summed E-state index contributed by atoms with van der Waals surface area (Å²) < 4.78 is 8.93. The number of nitrogens with zero attached hydrogens (tertiary/aromatic N) is 7. The summed E-state index contributed by atoms with van der Waals surface area (Å²) in [5.41, 5.74) is 0.728. The van der Waals surface area contributed by atoms with E-state index in [-0.39, 0.29) is 17.7 Å². The molecule has 188 valence electrons. The third-order valence-corrected chi connectivity index (χ3v) is 6.02. The molecule has 0 bridgehead atoms. The SMILES string of the molecule is CC[C@H]1CN(C(=O)OC(C)(C)C)CCN1CCn1c(=O)ccc2cnc(Nc3cnn(C)c3)nc21. The van der Waals surface area contributed by atoms with E-state index < -0.39 is 5.60 Å². The van der Waals surface area contributed by atoms with Crippen LogP contribution in [0, 0.1) is 0 Å². The second-order valence-corrected chi connectivity index (χ2v) is 9.85. The first-order valence-corrected chi connectivity index (χ1v) is 12.0. The fourth-order valence-corrected chi connectivity index (χ4v) is 4.26. The molecule has 1 N–H and O–H groups in total. The minimum Gasteiger partial charge on any atom is -0.444 e. The lowest BCUT2D eigenvalue weighted by molar-refractivity contribution is 0.00284. The molecule has 0 aliphatic carbocycles. The highest BCUT2D eigenvalue weighted by Gasteiger charge is 2.31. The van der Waals surface area contributed by atoms with E-state index in [0.717, 1.165) is 24.0 Å². The van der Waals surface area contributed by atoms with Crippen LogP contribution in [0.25, 0.3) is 11.0 Å². The van der Waals surface area contributed by atoms with Crippen molar-refractivity contribution in [3.63, 3.8) is 0 Å². The number of nitrogens with one attached hydrogen (secondary N) is 1. The van der Waals surface area contributed by atoms with Crippen molar-refractivity contribution in [3.8, 4) is 0 Å². The van der Waals surface area contributed by atoms with Crippen LogP contribution in [0.2, 0.25) is 0 Å². The number of carbonyl (C=O) groups excluding carboxylic acids is 1. The van der Waals surface area contributed by atoms with E-state index in [0.29, 0.717) is 37.8 Å². The van der Waals surface area contributed by atoms with Crippen molar-refractivity contribution >= 4 is 28.8 Å². The number of piperazine rings is 1. The average Bonchev–Trinajstić information content (AvgIpc) is 3.21. The molecule has 11 heteroatoms. The molecule has 4 rings (SSSR count). The molecule has 1 aliphatic rings. The van der Waals surface area contributed by atoms with E-state index in [4.69, 9.17) is 4.74 Å². The van der Waals surface area contributed by atoms with Gasteiger partial charge in [-0.1, -0.05) is 6.92 Å². The maximum atomic E-state index is 12.8. The molecule has 35 heavy (non-hydrogen) atoms. The molecule has 0 radical (unpaired) electrons. The van der Waals surface area contributed by atoms with Crippen LogP contribution in [-0.4, -0.2) is 78.0 Å². The van der Waals surface area contributed by atoms with Gasteiger partial charge in [0, 0.05) is 69.7 Å². The predicted octanol–water partition coefficient (Wildman–Crippen LogP) is 2.60. The van der Waals surface area contributed by atoms with Crippen LogP contribution in [0.3, 0.4) is 0 Å². The molecular weight excluding hydrogens is 448 g/mol. The standard InChI is InChI=1S/C24H34N8O3/c1-6-19-16-31(23(34)35-24(2,3)4)10-9-30(19)11-12-32-20(33)8-7-17-13-25-22(28-21(17)32)27-18-14-26-29(5)15-18/h7-8,13-15,19H,6,9-12,16H2,1-5H3,(H,25,27,28)/t19-/m0/s1. The Balaban J connectivity index is 1.48. The first-order valence-electron chi connectivity index (χ1n) is 12.0. The first-order chi connectivity index (χ1) is 16.6. The normalized spacial score (nSPS) is 17.1. The van der Waals surface area contributed by atoms with Gasteiger partial charge in [-0.05, 0) is 33.3 Å². The van der Waals surface area contributed by atoms with Gasteiger partial charge in [-0.2, -0.15) is 10.1 Å². The van der Waals surface area contributed by atoms with Crippen LogP contribution in [0.1, 0.15) is 34.1 Å². The lowest BCUT2D eigenvalue weighted by Crippen LogP contribution is -2.56. The molecule has 0 unspecified atom stereocenters. The van der Waals surface area contributed by atoms with Crippen LogP contribution < -0.4 is 10.9 Å². The van der Waals surface area contributed by atoms with Crippen molar-refractivity contribution in [1.29, 1.82) is 0 Å². The summed E-state index contributed by atoms with van der Waals surface area (Å²) in [6.45, 7) is 10.8. The van der Waals surface area contributed by atoms with Crippen LogP contribution in [0.5, 0.6) is 0 Å². The number of pyridine rings is 1. The molecule has 1 atom stereocenters. The monoisotopic (exact) mass is 482 g/mol. The molecule has 11 nitrogen and oxygen atoms in total. The molecule has 3 aromatic heterocycles. The Morgan fingerprint density at radius 1 is 1.20 bits per heavy atom. The molecule has 0 spiro atoms. The lowest BCUT2D eigenvalue weighted by Gasteiger charge is -2.41. The Labute approximate surface area is 204 Å². The van der Waals surface area contributed by atoms with Crippen LogP contribution in [-0.2, 0) is 18.3 Å². The second kappa shape index (κ2) is 10.0. The van der Waals surface area contributed by atoms with Gasteiger partial charge in [0.25, 0.3) is 5.56 Å². The zero-order valence-corrected chi connectivity index (χ0v) is 21.1. The predicted molar refractivity (Wildman–Crippen MR) is 134 cm³/mol. The molecule has 1 amide bonds. The Morgan fingerprint density at radius 3 is 2.69 bits per heavy atom. The molecular formula is C24H34N8O3. The van der Waals surface area contributed by atoms with Crippen molar-refractivity contribution in [2.45, 2.75) is 52.3 Å². The first kappa shape index (κ1) is 24.6. The molecule has 0 aromatic carbocycles. The van der Waals surface area contributed by atoms with Crippen molar-refractivity contribution < 1.29 is 9.53 Å². The van der Waals surface area contributed by atoms with Crippen LogP contribution in [0.4, 0.5) is 16.4 Å². The fraction of sp³-hybridized carbons (Fsp3) is 0.542. The van der Waals surface area contributed by atoms with Gasteiger partial charge in [-0.15, -0.1) is 0 Å². The highest BCUT2D eigenvalue weighted by atomic mass is 16.6. The number of aromatic nitrogens is 5. The highest BCUT2D eigenvalue weighted by molar-refractivity contribution is 5.75. The number of hydrogen-bond donors (Lipinski definition) is 1. The summed E-state index contributed by atoms with van der Waals surface area (Å²) >= 11 is 0. The zero-order valence-electron chi connectivity index (χ0n) is 21.1. The van der Waals surface area contributed by atoms with Gasteiger partial charge in [0.05, 0.1) is 11.9 Å². The van der Waals surface area contributed by atoms with E-state index >= 15 is 0 Å². The number of fused-ring (bicyclic) bond motifs is 1. The third-order valence-electron chi connectivity index (χ3n) is 6.02. The van der Waals surface area contributed by atoms with Crippen LogP contribution in [0.15, 0.2) is 35.5 Å². The van der Waals surface area contributed by atoms with E-state index in [1.165, 1.54) is 0 Å². The fourth-order valence-electron chi connectivity index (χ4n) is 4.26. The van der Waals surface area contributed by atoms with Crippen LogP contribution >= 0.6 is 0 Å². The molecule has 1 fully saturated rings. The Hall–Kier alpha value is -3.47. The minimum absolute atomic E-state index is 0.107. The summed E-state index contributed by atoms with van der Waals surface area (Å²) in [4.78, 5) is 38.4. The quantitative estimate of drug-likeness (QED) is 0.571. The Bertz CT molecular complexity index is 1250. The van der Waals surface area contributed by atoms with Gasteiger partial charge in [-0.25, -0.2) is 9.78 Å². The average molecular weight is 483 g/mol. The molecule has 4 heterocycles. The van der Waals surface area contributed by atoms with Gasteiger partial charge < -0.3 is 15.0 Å². The highest BCUT2D eigenvalue weighted by Crippen LogP contribution is 2.18. The van der Waals surface area contributed by atoms with Gasteiger partial charge in [0.1, 0.15) is 11.2 Å². The largest absolute Gasteiger partial charge is 0.444 e. The van der Waals surface area contributed by atoms with E-state index in [9.17, 15) is 9.59 Å². The van der Waals surface area contributed by atoms with E-state index in [2.05, 4.69) is 32.2 Å². The topological polar surface area (TPSA) is 110 Å². The summed E-state index contributed by atoms with van der Waals surface area (Å²) in [7, 11) is 1.83. The number of rotatable bonds is 6. The summed E-state index contributed by atoms with van der Waals surface area (Å²) in [6.07, 6.45) is 5.85. The minimum atomic E-state index is -0.516. The van der Waals surface area contributed by atoms with Crippen molar-refractivity contribution in [3.05, 3.63) is 41.1 Å². The van der Waals surface area contributed by atoms with E-state index in [1.807, 2.05) is 34.0 Å². The molecule has 1 saturated heterocycles. The molecule has 3 aromatic rings. The zero-order chi connectivity index (χ0) is 25.2. The third kappa shape index (κ3) is 5.97. The lowest BCUT2D eigenvalue weighted by atomic mass is 10.1. The van der Waals surface area contributed by atoms with Gasteiger partial charge in [0.15, 0.2) is 0 Å². The summed E-state index contributed by atoms with van der Waals surface area (Å²) in [6, 6.07) is 3.49. The maximum Gasteiger partial charge on any atom is 0.410 e. The Kier molecular flexibility index (Phi) is 7.06. The van der Waals surface area contributed by atoms with E-state index in [1.54, 1.807) is 38.7 Å². The number of anilines is 2. The molecule has 1 aliphatic heterocycles. The maximum absolute atomic E-state index is 12.8.